The third-order valence-corrected chi connectivity index (χ3v) is 6.06. The number of benzene rings is 2. The molecular weight excluding hydrogens is 470 g/mol. The number of esters is 2. The monoisotopic (exact) mass is 509 g/mol. The van der Waals surface area contributed by atoms with Gasteiger partial charge in [-0.05, 0) is 71.1 Å². The number of carbonyl (C=O) groups is 3. The van der Waals surface area contributed by atoms with E-state index in [0.29, 0.717) is 19.4 Å². The third-order valence-electron chi connectivity index (χ3n) is 6.06. The number of amides is 1. The largest absolute Gasteiger partial charge is 0.465 e. The average molecular weight is 510 g/mol. The fourth-order valence-corrected chi connectivity index (χ4v) is 4.41. The van der Waals surface area contributed by atoms with Gasteiger partial charge in [-0.1, -0.05) is 48.5 Å². The molecule has 200 valence electrons. The van der Waals surface area contributed by atoms with Gasteiger partial charge in [0.1, 0.15) is 18.2 Å². The quantitative estimate of drug-likeness (QED) is 0.463. The van der Waals surface area contributed by atoms with Crippen LogP contribution in [-0.2, 0) is 36.7 Å². The lowest BCUT2D eigenvalue weighted by atomic mass is 10.0. The van der Waals surface area contributed by atoms with Gasteiger partial charge in [-0.2, -0.15) is 0 Å². The highest BCUT2D eigenvalue weighted by Crippen LogP contribution is 2.29. The van der Waals surface area contributed by atoms with Gasteiger partial charge in [0, 0.05) is 6.54 Å². The lowest BCUT2D eigenvalue weighted by Crippen LogP contribution is -2.57. The molecule has 1 N–H and O–H groups in total. The second-order valence-corrected chi connectivity index (χ2v) is 10.2. The van der Waals surface area contributed by atoms with Crippen molar-refractivity contribution in [2.75, 3.05) is 24.7 Å². The maximum absolute atomic E-state index is 13.8. The zero-order valence-electron chi connectivity index (χ0n) is 22.5. The summed E-state index contributed by atoms with van der Waals surface area (Å²) in [5.74, 6) is -1.22. The molecule has 0 aliphatic carbocycles. The van der Waals surface area contributed by atoms with Gasteiger partial charge in [-0.3, -0.25) is 24.7 Å². The van der Waals surface area contributed by atoms with E-state index in [-0.39, 0.29) is 19.1 Å². The SMILES string of the molecule is CCOC(=O)[C@H](CCc1ccccc1)N[C@@H](C)C(=O)N(CC(=O)OC(C)(C)C)N1CCc2ccccc21. The Labute approximate surface area is 219 Å². The van der Waals surface area contributed by atoms with Gasteiger partial charge in [0.2, 0.25) is 0 Å². The Bertz CT molecular complexity index is 1070. The Balaban J connectivity index is 1.79. The van der Waals surface area contributed by atoms with Crippen LogP contribution in [0.5, 0.6) is 0 Å². The summed E-state index contributed by atoms with van der Waals surface area (Å²) in [4.78, 5) is 39.3. The first-order valence-corrected chi connectivity index (χ1v) is 12.9. The molecule has 1 heterocycles. The molecule has 3 rings (SSSR count). The van der Waals surface area contributed by atoms with Crippen LogP contribution in [0.1, 0.15) is 52.2 Å². The average Bonchev–Trinajstić information content (AvgIpc) is 3.28. The normalized spacial score (nSPS) is 14.5. The zero-order chi connectivity index (χ0) is 27.0. The van der Waals surface area contributed by atoms with Crippen LogP contribution < -0.4 is 10.3 Å². The molecule has 8 heteroatoms. The predicted octanol–water partition coefficient (Wildman–Crippen LogP) is 3.68. The number of nitrogens with zero attached hydrogens (tertiary/aromatic N) is 2. The van der Waals surface area contributed by atoms with Crippen LogP contribution in [0.4, 0.5) is 5.69 Å². The number of fused-ring (bicyclic) bond motifs is 1. The molecule has 1 aliphatic heterocycles. The standard InChI is InChI=1S/C29H39N3O5/c1-6-36-28(35)24(17-16-22-12-8-7-9-13-22)30-21(2)27(34)32(20-26(33)37-29(3,4)5)31-19-18-23-14-10-11-15-25(23)31/h7-15,21,24,30H,6,16-20H2,1-5H3/t21-,24-/m0/s1. The minimum absolute atomic E-state index is 0.232. The molecule has 2 aromatic rings. The van der Waals surface area contributed by atoms with Crippen LogP contribution >= 0.6 is 0 Å². The third kappa shape index (κ3) is 8.05. The number of para-hydroxylation sites is 1. The van der Waals surface area contributed by atoms with E-state index in [1.54, 1.807) is 34.6 Å². The molecular formula is C29H39N3O5. The van der Waals surface area contributed by atoms with Crippen molar-refractivity contribution < 1.29 is 23.9 Å². The highest BCUT2D eigenvalue weighted by atomic mass is 16.6. The molecule has 0 spiro atoms. The molecule has 0 aromatic heterocycles. The first-order chi connectivity index (χ1) is 17.6. The molecule has 0 unspecified atom stereocenters. The van der Waals surface area contributed by atoms with Crippen LogP contribution in [0.3, 0.4) is 0 Å². The van der Waals surface area contributed by atoms with Crippen LogP contribution in [0.15, 0.2) is 54.6 Å². The summed E-state index contributed by atoms with van der Waals surface area (Å²) in [6, 6.07) is 16.3. The lowest BCUT2D eigenvalue weighted by Gasteiger charge is -2.36. The molecule has 1 aliphatic rings. The summed E-state index contributed by atoms with van der Waals surface area (Å²) in [7, 11) is 0. The molecule has 0 saturated heterocycles. The number of hydrazine groups is 1. The van der Waals surface area contributed by atoms with Crippen molar-refractivity contribution in [2.24, 2.45) is 0 Å². The number of nitrogens with one attached hydrogen (secondary N) is 1. The van der Waals surface area contributed by atoms with Crippen molar-refractivity contribution in [1.29, 1.82) is 0 Å². The second kappa shape index (κ2) is 12.7. The van der Waals surface area contributed by atoms with Gasteiger partial charge in [-0.15, -0.1) is 0 Å². The molecule has 2 atom stereocenters. The predicted molar refractivity (Wildman–Crippen MR) is 143 cm³/mol. The second-order valence-electron chi connectivity index (χ2n) is 10.2. The van der Waals surface area contributed by atoms with Crippen molar-refractivity contribution in [3.63, 3.8) is 0 Å². The first-order valence-electron chi connectivity index (χ1n) is 12.9. The van der Waals surface area contributed by atoms with E-state index in [1.807, 2.05) is 59.6 Å². The number of aryl methyl sites for hydroxylation is 1. The van der Waals surface area contributed by atoms with Crippen LogP contribution in [0.2, 0.25) is 0 Å². The zero-order valence-corrected chi connectivity index (χ0v) is 22.5. The molecule has 0 radical (unpaired) electrons. The molecule has 1 amide bonds. The number of anilines is 1. The summed E-state index contributed by atoms with van der Waals surface area (Å²) in [6.45, 7) is 9.44. The highest BCUT2D eigenvalue weighted by molar-refractivity contribution is 5.88. The minimum Gasteiger partial charge on any atom is -0.465 e. The van der Waals surface area contributed by atoms with Crippen molar-refractivity contribution in [3.8, 4) is 0 Å². The molecule has 37 heavy (non-hydrogen) atoms. The number of carbonyl (C=O) groups excluding carboxylic acids is 3. The number of rotatable bonds is 11. The van der Waals surface area contributed by atoms with E-state index in [4.69, 9.17) is 9.47 Å². The number of hydrogen-bond acceptors (Lipinski definition) is 7. The van der Waals surface area contributed by atoms with Crippen molar-refractivity contribution >= 4 is 23.5 Å². The van der Waals surface area contributed by atoms with Crippen molar-refractivity contribution in [1.82, 2.24) is 10.3 Å². The van der Waals surface area contributed by atoms with Gasteiger partial charge >= 0.3 is 11.9 Å². The Hall–Kier alpha value is -3.39. The topological polar surface area (TPSA) is 88.2 Å². The highest BCUT2D eigenvalue weighted by Gasteiger charge is 2.35. The van der Waals surface area contributed by atoms with Crippen molar-refractivity contribution in [3.05, 3.63) is 65.7 Å². The molecule has 0 saturated carbocycles. The van der Waals surface area contributed by atoms with Gasteiger partial charge in [-0.25, -0.2) is 5.01 Å². The summed E-state index contributed by atoms with van der Waals surface area (Å²) in [5, 5.41) is 6.45. The van der Waals surface area contributed by atoms with Crippen LogP contribution in [-0.4, -0.2) is 60.2 Å². The summed E-state index contributed by atoms with van der Waals surface area (Å²) >= 11 is 0. The summed E-state index contributed by atoms with van der Waals surface area (Å²) < 4.78 is 10.8. The number of ether oxygens (including phenoxy) is 2. The van der Waals surface area contributed by atoms with E-state index >= 15 is 0 Å². The van der Waals surface area contributed by atoms with E-state index in [2.05, 4.69) is 5.32 Å². The van der Waals surface area contributed by atoms with Gasteiger partial charge < -0.3 is 9.47 Å². The summed E-state index contributed by atoms with van der Waals surface area (Å²) in [6.07, 6.45) is 1.89. The fraction of sp³-hybridized carbons (Fsp3) is 0.483. The van der Waals surface area contributed by atoms with Gasteiger partial charge in [0.25, 0.3) is 5.91 Å². The van der Waals surface area contributed by atoms with Gasteiger partial charge in [0.15, 0.2) is 0 Å². The van der Waals surface area contributed by atoms with Crippen LogP contribution in [0, 0.1) is 0 Å². The van der Waals surface area contributed by atoms with E-state index < -0.39 is 29.6 Å². The fourth-order valence-electron chi connectivity index (χ4n) is 4.41. The maximum Gasteiger partial charge on any atom is 0.328 e. The molecule has 0 fully saturated rings. The van der Waals surface area contributed by atoms with E-state index in [0.717, 1.165) is 23.2 Å². The minimum atomic E-state index is -0.750. The maximum atomic E-state index is 13.8. The Kier molecular flexibility index (Phi) is 9.69. The number of hydrogen-bond donors (Lipinski definition) is 1. The van der Waals surface area contributed by atoms with Crippen molar-refractivity contribution in [2.45, 2.75) is 71.6 Å². The lowest BCUT2D eigenvalue weighted by molar-refractivity contribution is -0.159. The van der Waals surface area contributed by atoms with Crippen LogP contribution in [0.25, 0.3) is 0 Å². The van der Waals surface area contributed by atoms with E-state index in [1.165, 1.54) is 5.01 Å². The summed E-state index contributed by atoms with van der Waals surface area (Å²) in [5.41, 5.74) is 2.41. The Morgan fingerprint density at radius 3 is 2.41 bits per heavy atom. The first kappa shape index (κ1) is 28.2. The Morgan fingerprint density at radius 1 is 1.05 bits per heavy atom. The molecule has 2 aromatic carbocycles. The van der Waals surface area contributed by atoms with Gasteiger partial charge in [0.05, 0.1) is 18.3 Å². The molecule has 0 bridgehead atoms. The smallest absolute Gasteiger partial charge is 0.328 e. The van der Waals surface area contributed by atoms with E-state index in [9.17, 15) is 14.4 Å². The Morgan fingerprint density at radius 2 is 1.73 bits per heavy atom. The molecule has 8 nitrogen and oxygen atoms in total.